The highest BCUT2D eigenvalue weighted by Crippen LogP contribution is 2.24. The Bertz CT molecular complexity index is 478. The van der Waals surface area contributed by atoms with Gasteiger partial charge in [-0.3, -0.25) is 0 Å². The average molecular weight is 295 g/mol. The van der Waals surface area contributed by atoms with Gasteiger partial charge in [0.1, 0.15) is 5.69 Å². The number of hydrogen-bond donors (Lipinski definition) is 1. The van der Waals surface area contributed by atoms with E-state index in [1.807, 2.05) is 30.3 Å². The van der Waals surface area contributed by atoms with Gasteiger partial charge in [0.15, 0.2) is 5.76 Å². The third-order valence-electron chi connectivity index (χ3n) is 2.63. The van der Waals surface area contributed by atoms with Crippen LogP contribution in [0, 0.1) is 0 Å². The van der Waals surface area contributed by atoms with E-state index in [1.165, 1.54) is 0 Å². The maximum absolute atomic E-state index is 5.98. The van der Waals surface area contributed by atoms with Crippen LogP contribution in [-0.4, -0.2) is 5.16 Å². The highest BCUT2D eigenvalue weighted by molar-refractivity contribution is 9.10. The molecule has 0 radical (unpaired) electrons. The van der Waals surface area contributed by atoms with Crippen LogP contribution in [-0.2, 0) is 0 Å². The summed E-state index contributed by atoms with van der Waals surface area (Å²) in [7, 11) is 0. The third-order valence-corrected chi connectivity index (χ3v) is 3.16. The molecule has 1 unspecified atom stereocenters. The smallest absolute Gasteiger partial charge is 0.154 e. The zero-order valence-corrected chi connectivity index (χ0v) is 11.3. The number of hydrogen-bond acceptors (Lipinski definition) is 3. The first-order valence-corrected chi connectivity index (χ1v) is 6.48. The molecule has 0 aliphatic carbocycles. The minimum Gasteiger partial charge on any atom is -0.359 e. The molecule has 2 aromatic rings. The quantitative estimate of drug-likeness (QED) is 0.930. The molecule has 1 atom stereocenters. The zero-order chi connectivity index (χ0) is 12.3. The Morgan fingerprint density at radius 3 is 2.71 bits per heavy atom. The zero-order valence-electron chi connectivity index (χ0n) is 9.69. The Labute approximate surface area is 109 Å². The molecule has 1 aromatic heterocycles. The van der Waals surface area contributed by atoms with Crippen molar-refractivity contribution in [3.8, 4) is 11.3 Å². The molecule has 1 aromatic carbocycles. The average Bonchev–Trinajstić information content (AvgIpc) is 2.80. The standard InChI is InChI=1S/C13H15BrN2O/c1-2-3-11(15)13-8-12(16-17-13)9-4-6-10(14)7-5-9/h4-8,11H,2-3,15H2,1H3. The van der Waals surface area contributed by atoms with E-state index in [4.69, 9.17) is 10.3 Å². The highest BCUT2D eigenvalue weighted by Gasteiger charge is 2.12. The molecule has 0 bridgehead atoms. The van der Waals surface area contributed by atoms with Crippen molar-refractivity contribution in [1.29, 1.82) is 0 Å². The van der Waals surface area contributed by atoms with Crippen molar-refractivity contribution >= 4 is 15.9 Å². The molecule has 0 saturated heterocycles. The number of nitrogens with zero attached hydrogens (tertiary/aromatic N) is 1. The lowest BCUT2D eigenvalue weighted by molar-refractivity contribution is 0.356. The third kappa shape index (κ3) is 2.96. The first kappa shape index (κ1) is 12.3. The normalized spacial score (nSPS) is 12.6. The molecule has 0 fully saturated rings. The van der Waals surface area contributed by atoms with Gasteiger partial charge in [0.05, 0.1) is 6.04 Å². The molecule has 0 aliphatic rings. The summed E-state index contributed by atoms with van der Waals surface area (Å²) in [5.74, 6) is 0.754. The summed E-state index contributed by atoms with van der Waals surface area (Å²) in [5.41, 5.74) is 7.85. The van der Waals surface area contributed by atoms with Crippen molar-refractivity contribution in [2.45, 2.75) is 25.8 Å². The number of nitrogens with two attached hydrogens (primary N) is 1. The summed E-state index contributed by atoms with van der Waals surface area (Å²) < 4.78 is 6.33. The maximum Gasteiger partial charge on any atom is 0.154 e. The first-order chi connectivity index (χ1) is 8.20. The Hall–Kier alpha value is -1.13. The fourth-order valence-corrected chi connectivity index (χ4v) is 1.94. The van der Waals surface area contributed by atoms with E-state index in [2.05, 4.69) is 28.0 Å². The molecule has 90 valence electrons. The maximum atomic E-state index is 5.98. The van der Waals surface area contributed by atoms with E-state index in [9.17, 15) is 0 Å². The van der Waals surface area contributed by atoms with Crippen LogP contribution < -0.4 is 5.73 Å². The minimum absolute atomic E-state index is 0.0586. The minimum atomic E-state index is -0.0586. The second-order valence-electron chi connectivity index (χ2n) is 4.02. The fourth-order valence-electron chi connectivity index (χ4n) is 1.67. The van der Waals surface area contributed by atoms with Gasteiger partial charge in [-0.1, -0.05) is 46.6 Å². The molecule has 2 N–H and O–H groups in total. The summed E-state index contributed by atoms with van der Waals surface area (Å²) in [6.45, 7) is 2.10. The van der Waals surface area contributed by atoms with E-state index in [1.54, 1.807) is 0 Å². The van der Waals surface area contributed by atoms with Crippen molar-refractivity contribution in [2.75, 3.05) is 0 Å². The van der Waals surface area contributed by atoms with Crippen LogP contribution in [0.4, 0.5) is 0 Å². The topological polar surface area (TPSA) is 52.0 Å². The van der Waals surface area contributed by atoms with Gasteiger partial charge in [-0.05, 0) is 18.6 Å². The van der Waals surface area contributed by atoms with Gasteiger partial charge in [-0.25, -0.2) is 0 Å². The molecule has 0 spiro atoms. The van der Waals surface area contributed by atoms with Crippen LogP contribution in [0.25, 0.3) is 11.3 Å². The van der Waals surface area contributed by atoms with Crippen molar-refractivity contribution < 1.29 is 4.52 Å². The SMILES string of the molecule is CCCC(N)c1cc(-c2ccc(Br)cc2)no1. The van der Waals surface area contributed by atoms with Gasteiger partial charge >= 0.3 is 0 Å². The van der Waals surface area contributed by atoms with E-state index in [-0.39, 0.29) is 6.04 Å². The highest BCUT2D eigenvalue weighted by atomic mass is 79.9. The largest absolute Gasteiger partial charge is 0.359 e. The molecule has 4 heteroatoms. The van der Waals surface area contributed by atoms with E-state index >= 15 is 0 Å². The van der Waals surface area contributed by atoms with Crippen molar-refractivity contribution in [1.82, 2.24) is 5.16 Å². The van der Waals surface area contributed by atoms with Gasteiger partial charge in [0, 0.05) is 16.1 Å². The van der Waals surface area contributed by atoms with Crippen LogP contribution in [0.3, 0.4) is 0 Å². The predicted molar refractivity (Wildman–Crippen MR) is 71.5 cm³/mol. The van der Waals surface area contributed by atoms with Crippen molar-refractivity contribution in [3.05, 3.63) is 40.6 Å². The second-order valence-corrected chi connectivity index (χ2v) is 4.93. The van der Waals surface area contributed by atoms with Gasteiger partial charge in [0.2, 0.25) is 0 Å². The summed E-state index contributed by atoms with van der Waals surface area (Å²) >= 11 is 3.40. The summed E-state index contributed by atoms with van der Waals surface area (Å²) in [5, 5.41) is 4.05. The Morgan fingerprint density at radius 2 is 2.06 bits per heavy atom. The second kappa shape index (κ2) is 5.47. The lowest BCUT2D eigenvalue weighted by Crippen LogP contribution is -2.08. The molecule has 2 rings (SSSR count). The summed E-state index contributed by atoms with van der Waals surface area (Å²) in [6, 6.07) is 9.82. The summed E-state index contributed by atoms with van der Waals surface area (Å²) in [4.78, 5) is 0. The molecule has 0 saturated carbocycles. The van der Waals surface area contributed by atoms with Crippen LogP contribution in [0.15, 0.2) is 39.3 Å². The Balaban J connectivity index is 2.20. The molecule has 0 amide bonds. The van der Waals surface area contributed by atoms with E-state index in [0.29, 0.717) is 0 Å². The summed E-state index contributed by atoms with van der Waals surface area (Å²) in [6.07, 6.45) is 1.95. The Kier molecular flexibility index (Phi) is 3.97. The van der Waals surface area contributed by atoms with Crippen molar-refractivity contribution in [3.63, 3.8) is 0 Å². The van der Waals surface area contributed by atoms with Gasteiger partial charge in [-0.2, -0.15) is 0 Å². The molecule has 17 heavy (non-hydrogen) atoms. The van der Waals surface area contributed by atoms with Gasteiger partial charge < -0.3 is 10.3 Å². The molecule has 1 heterocycles. The Morgan fingerprint density at radius 1 is 1.35 bits per heavy atom. The lowest BCUT2D eigenvalue weighted by atomic mass is 10.1. The molecular formula is C13H15BrN2O. The predicted octanol–water partition coefficient (Wildman–Crippen LogP) is 3.90. The van der Waals surface area contributed by atoms with Crippen molar-refractivity contribution in [2.24, 2.45) is 5.73 Å². The first-order valence-electron chi connectivity index (χ1n) is 5.69. The van der Waals surface area contributed by atoms with Gasteiger partial charge in [-0.15, -0.1) is 0 Å². The van der Waals surface area contributed by atoms with E-state index in [0.717, 1.165) is 34.3 Å². The van der Waals surface area contributed by atoms with Crippen LogP contribution in [0.1, 0.15) is 31.6 Å². The van der Waals surface area contributed by atoms with Gasteiger partial charge in [0.25, 0.3) is 0 Å². The van der Waals surface area contributed by atoms with Crippen LogP contribution in [0.2, 0.25) is 0 Å². The van der Waals surface area contributed by atoms with Crippen LogP contribution in [0.5, 0.6) is 0 Å². The number of halogens is 1. The molecule has 3 nitrogen and oxygen atoms in total. The van der Waals surface area contributed by atoms with E-state index < -0.39 is 0 Å². The number of aromatic nitrogens is 1. The number of rotatable bonds is 4. The van der Waals surface area contributed by atoms with Crippen LogP contribution >= 0.6 is 15.9 Å². The molecular weight excluding hydrogens is 280 g/mol. The number of benzene rings is 1. The fraction of sp³-hybridized carbons (Fsp3) is 0.308. The molecule has 0 aliphatic heterocycles. The lowest BCUT2D eigenvalue weighted by Gasteiger charge is -2.03. The monoisotopic (exact) mass is 294 g/mol.